The minimum absolute atomic E-state index is 0.00484. The molecule has 2 rings (SSSR count). The molecule has 0 heterocycles. The number of nitrogens with zero attached hydrogens (tertiary/aromatic N) is 1. The molecule has 0 aromatic heterocycles. The average Bonchev–Trinajstić information content (AvgIpc) is 2.55. The Hall–Kier alpha value is -2.76. The number of carbonyl (C=O) groups is 2. The van der Waals surface area contributed by atoms with Crippen molar-refractivity contribution >= 4 is 11.8 Å². The van der Waals surface area contributed by atoms with Crippen LogP contribution in [0.1, 0.15) is 18.1 Å². The Morgan fingerprint density at radius 3 is 2.04 bits per heavy atom. The van der Waals surface area contributed by atoms with Gasteiger partial charge < -0.3 is 10.2 Å². The van der Waals surface area contributed by atoms with Crippen molar-refractivity contribution in [1.82, 2.24) is 10.2 Å². The summed E-state index contributed by atoms with van der Waals surface area (Å²) in [7, 11) is 0. The highest BCUT2D eigenvalue weighted by Gasteiger charge is 2.16. The van der Waals surface area contributed by atoms with E-state index < -0.39 is 17.5 Å². The Kier molecular flexibility index (Phi) is 6.01. The van der Waals surface area contributed by atoms with Crippen LogP contribution in [0.3, 0.4) is 0 Å². The summed E-state index contributed by atoms with van der Waals surface area (Å²) in [6.07, 6.45) is 0. The number of benzene rings is 2. The summed E-state index contributed by atoms with van der Waals surface area (Å²) in [6.45, 7) is 1.11. The minimum Gasteiger partial charge on any atom is -0.350 e. The van der Waals surface area contributed by atoms with E-state index in [1.807, 2.05) is 0 Å². The normalized spacial score (nSPS) is 10.3. The molecule has 6 heteroatoms. The summed E-state index contributed by atoms with van der Waals surface area (Å²) >= 11 is 0. The Labute approximate surface area is 139 Å². The summed E-state index contributed by atoms with van der Waals surface area (Å²) in [5.74, 6) is -1.63. The Bertz CT molecular complexity index is 734. The van der Waals surface area contributed by atoms with Crippen LogP contribution in [0.5, 0.6) is 0 Å². The first-order chi connectivity index (χ1) is 11.5. The van der Waals surface area contributed by atoms with Gasteiger partial charge >= 0.3 is 0 Å². The molecule has 0 aliphatic rings. The Balaban J connectivity index is 1.95. The largest absolute Gasteiger partial charge is 0.350 e. The molecule has 0 unspecified atom stereocenters. The molecule has 2 aromatic carbocycles. The van der Waals surface area contributed by atoms with Gasteiger partial charge in [-0.3, -0.25) is 9.59 Å². The fraction of sp³-hybridized carbons (Fsp3) is 0.222. The molecule has 0 saturated carbocycles. The molecule has 2 aromatic rings. The van der Waals surface area contributed by atoms with Crippen molar-refractivity contribution in [2.24, 2.45) is 0 Å². The molecule has 4 nitrogen and oxygen atoms in total. The Morgan fingerprint density at radius 1 is 0.958 bits per heavy atom. The number of rotatable bonds is 6. The highest BCUT2D eigenvalue weighted by Crippen LogP contribution is 2.10. The Morgan fingerprint density at radius 2 is 1.50 bits per heavy atom. The van der Waals surface area contributed by atoms with E-state index in [1.54, 1.807) is 36.4 Å². The molecular weight excluding hydrogens is 314 g/mol. The van der Waals surface area contributed by atoms with Crippen LogP contribution in [-0.4, -0.2) is 23.3 Å². The van der Waals surface area contributed by atoms with Crippen LogP contribution in [0, 0.1) is 11.6 Å². The molecule has 2 amide bonds. The molecule has 0 saturated heterocycles. The third-order valence-corrected chi connectivity index (χ3v) is 3.53. The monoisotopic (exact) mass is 332 g/mol. The van der Waals surface area contributed by atoms with E-state index in [2.05, 4.69) is 5.32 Å². The van der Waals surface area contributed by atoms with Crippen molar-refractivity contribution in [2.75, 3.05) is 6.54 Å². The molecule has 0 atom stereocenters. The third kappa shape index (κ3) is 4.87. The van der Waals surface area contributed by atoms with E-state index in [1.165, 1.54) is 24.0 Å². The zero-order chi connectivity index (χ0) is 17.5. The van der Waals surface area contributed by atoms with Crippen LogP contribution >= 0.6 is 0 Å². The molecule has 0 fully saturated rings. The molecular formula is C18H18F2N2O2. The van der Waals surface area contributed by atoms with Gasteiger partial charge in [0.2, 0.25) is 11.8 Å². The van der Waals surface area contributed by atoms with Crippen LogP contribution in [-0.2, 0) is 22.7 Å². The standard InChI is InChI=1S/C18H18F2N2O2/c1-13(23)22(11-15-7-3-5-9-17(15)20)12-18(24)21-10-14-6-2-4-8-16(14)19/h2-9H,10-12H2,1H3,(H,21,24). The number of hydrogen-bond acceptors (Lipinski definition) is 2. The van der Waals surface area contributed by atoms with Crippen molar-refractivity contribution in [3.63, 3.8) is 0 Å². The summed E-state index contributed by atoms with van der Waals surface area (Å²) in [5, 5.41) is 2.56. The van der Waals surface area contributed by atoms with E-state index in [0.29, 0.717) is 11.1 Å². The van der Waals surface area contributed by atoms with Crippen molar-refractivity contribution in [3.05, 3.63) is 71.3 Å². The number of hydrogen-bond donors (Lipinski definition) is 1. The molecule has 0 bridgehead atoms. The van der Waals surface area contributed by atoms with Crippen LogP contribution < -0.4 is 5.32 Å². The quantitative estimate of drug-likeness (QED) is 0.884. The van der Waals surface area contributed by atoms with Crippen LogP contribution in [0.25, 0.3) is 0 Å². The maximum atomic E-state index is 13.7. The number of carbonyl (C=O) groups excluding carboxylic acids is 2. The van der Waals surface area contributed by atoms with E-state index in [0.717, 1.165) is 0 Å². The van der Waals surface area contributed by atoms with Gasteiger partial charge in [0.15, 0.2) is 0 Å². The van der Waals surface area contributed by atoms with E-state index in [4.69, 9.17) is 0 Å². The van der Waals surface area contributed by atoms with Crippen molar-refractivity contribution in [1.29, 1.82) is 0 Å². The highest BCUT2D eigenvalue weighted by atomic mass is 19.1. The van der Waals surface area contributed by atoms with Gasteiger partial charge in [0.05, 0.1) is 6.54 Å². The second-order valence-electron chi connectivity index (χ2n) is 5.33. The summed E-state index contributed by atoms with van der Waals surface area (Å²) in [5.41, 5.74) is 0.684. The second kappa shape index (κ2) is 8.19. The van der Waals surface area contributed by atoms with Gasteiger partial charge in [-0.15, -0.1) is 0 Å². The SMILES string of the molecule is CC(=O)N(CC(=O)NCc1ccccc1F)Cc1ccccc1F. The van der Waals surface area contributed by atoms with E-state index >= 15 is 0 Å². The molecule has 0 radical (unpaired) electrons. The second-order valence-corrected chi connectivity index (χ2v) is 5.33. The predicted molar refractivity (Wildman–Crippen MR) is 85.7 cm³/mol. The smallest absolute Gasteiger partial charge is 0.239 e. The minimum atomic E-state index is -0.440. The van der Waals surface area contributed by atoms with E-state index in [9.17, 15) is 18.4 Å². The van der Waals surface area contributed by atoms with Crippen LogP contribution in [0.15, 0.2) is 48.5 Å². The van der Waals surface area contributed by atoms with Crippen LogP contribution in [0.2, 0.25) is 0 Å². The first kappa shape index (κ1) is 17.6. The topological polar surface area (TPSA) is 49.4 Å². The maximum absolute atomic E-state index is 13.7. The zero-order valence-electron chi connectivity index (χ0n) is 13.3. The van der Waals surface area contributed by atoms with Crippen molar-refractivity contribution in [3.8, 4) is 0 Å². The maximum Gasteiger partial charge on any atom is 0.239 e. The highest BCUT2D eigenvalue weighted by molar-refractivity contribution is 5.83. The van der Waals surface area contributed by atoms with E-state index in [-0.39, 0.29) is 25.5 Å². The lowest BCUT2D eigenvalue weighted by Crippen LogP contribution is -2.39. The first-order valence-electron chi connectivity index (χ1n) is 7.46. The predicted octanol–water partition coefficient (Wildman–Crippen LogP) is 2.63. The summed E-state index contributed by atoms with van der Waals surface area (Å²) in [6, 6.07) is 12.2. The molecule has 126 valence electrons. The molecule has 0 aliphatic carbocycles. The molecule has 0 aliphatic heterocycles. The van der Waals surface area contributed by atoms with Crippen LogP contribution in [0.4, 0.5) is 8.78 Å². The van der Waals surface area contributed by atoms with Gasteiger partial charge in [-0.2, -0.15) is 0 Å². The summed E-state index contributed by atoms with van der Waals surface area (Å²) < 4.78 is 27.2. The van der Waals surface area contributed by atoms with Gasteiger partial charge in [0.25, 0.3) is 0 Å². The first-order valence-corrected chi connectivity index (χ1v) is 7.46. The van der Waals surface area contributed by atoms with Gasteiger partial charge in [-0.25, -0.2) is 8.78 Å². The lowest BCUT2D eigenvalue weighted by atomic mass is 10.2. The average molecular weight is 332 g/mol. The summed E-state index contributed by atoms with van der Waals surface area (Å²) in [4.78, 5) is 24.9. The molecule has 1 N–H and O–H groups in total. The molecule has 0 spiro atoms. The fourth-order valence-corrected chi connectivity index (χ4v) is 2.18. The van der Waals surface area contributed by atoms with Gasteiger partial charge in [0, 0.05) is 31.1 Å². The van der Waals surface area contributed by atoms with Gasteiger partial charge in [0.1, 0.15) is 11.6 Å². The van der Waals surface area contributed by atoms with Crippen molar-refractivity contribution < 1.29 is 18.4 Å². The number of nitrogens with one attached hydrogen (secondary N) is 1. The lowest BCUT2D eigenvalue weighted by molar-refractivity contribution is -0.135. The number of halogens is 2. The molecule has 24 heavy (non-hydrogen) atoms. The van der Waals surface area contributed by atoms with Gasteiger partial charge in [-0.05, 0) is 12.1 Å². The third-order valence-electron chi connectivity index (χ3n) is 3.53. The lowest BCUT2D eigenvalue weighted by Gasteiger charge is -2.21. The fourth-order valence-electron chi connectivity index (χ4n) is 2.18. The van der Waals surface area contributed by atoms with Crippen molar-refractivity contribution in [2.45, 2.75) is 20.0 Å². The van der Waals surface area contributed by atoms with Gasteiger partial charge in [-0.1, -0.05) is 36.4 Å². The zero-order valence-corrected chi connectivity index (χ0v) is 13.3. The number of amides is 2.